The SMILES string of the molecule is C/C(=N/n1c(C)cc(C)c(C#N)c1=O)c1ccccc1. The first-order valence-electron chi connectivity index (χ1n) is 6.29. The summed E-state index contributed by atoms with van der Waals surface area (Å²) in [5.41, 5.74) is 2.82. The van der Waals surface area contributed by atoms with Crippen molar-refractivity contribution in [3.8, 4) is 6.07 Å². The molecule has 0 saturated carbocycles. The fourth-order valence-corrected chi connectivity index (χ4v) is 2.03. The number of hydrogen-bond acceptors (Lipinski definition) is 3. The van der Waals surface area contributed by atoms with Gasteiger partial charge in [-0.1, -0.05) is 30.3 Å². The summed E-state index contributed by atoms with van der Waals surface area (Å²) in [7, 11) is 0. The maximum absolute atomic E-state index is 12.2. The van der Waals surface area contributed by atoms with Crippen LogP contribution in [0.2, 0.25) is 0 Å². The Hall–Kier alpha value is -2.67. The van der Waals surface area contributed by atoms with Crippen molar-refractivity contribution in [3.63, 3.8) is 0 Å². The highest BCUT2D eigenvalue weighted by Gasteiger charge is 2.09. The van der Waals surface area contributed by atoms with Gasteiger partial charge in [-0.25, -0.2) is 4.68 Å². The molecule has 0 aliphatic heterocycles. The Balaban J connectivity index is 2.61. The monoisotopic (exact) mass is 265 g/mol. The molecule has 0 aliphatic rings. The van der Waals surface area contributed by atoms with Crippen LogP contribution in [-0.2, 0) is 0 Å². The van der Waals surface area contributed by atoms with Crippen molar-refractivity contribution in [2.24, 2.45) is 5.10 Å². The van der Waals surface area contributed by atoms with Crippen LogP contribution in [0.3, 0.4) is 0 Å². The molecule has 0 fully saturated rings. The Morgan fingerprint density at radius 2 is 1.90 bits per heavy atom. The molecular formula is C16H15N3O. The second-order valence-electron chi connectivity index (χ2n) is 4.62. The van der Waals surface area contributed by atoms with Gasteiger partial charge in [0.15, 0.2) is 0 Å². The van der Waals surface area contributed by atoms with E-state index in [1.807, 2.05) is 43.3 Å². The number of rotatable bonds is 2. The van der Waals surface area contributed by atoms with E-state index in [1.165, 1.54) is 4.68 Å². The summed E-state index contributed by atoms with van der Waals surface area (Å²) in [6.45, 7) is 5.40. The average Bonchev–Trinajstić information content (AvgIpc) is 2.44. The molecule has 4 heteroatoms. The molecule has 0 radical (unpaired) electrons. The summed E-state index contributed by atoms with van der Waals surface area (Å²) in [6.07, 6.45) is 0. The lowest BCUT2D eigenvalue weighted by atomic mass is 10.1. The quantitative estimate of drug-likeness (QED) is 0.784. The van der Waals surface area contributed by atoms with Gasteiger partial charge in [-0.05, 0) is 38.0 Å². The first-order chi connectivity index (χ1) is 9.54. The number of nitrogens with zero attached hydrogens (tertiary/aromatic N) is 3. The summed E-state index contributed by atoms with van der Waals surface area (Å²) >= 11 is 0. The molecule has 2 aromatic rings. The second kappa shape index (κ2) is 5.54. The van der Waals surface area contributed by atoms with E-state index >= 15 is 0 Å². The normalized spacial score (nSPS) is 11.2. The lowest BCUT2D eigenvalue weighted by Gasteiger charge is -2.08. The van der Waals surface area contributed by atoms with E-state index in [0.29, 0.717) is 11.3 Å². The molecule has 1 heterocycles. The van der Waals surface area contributed by atoms with Gasteiger partial charge in [0.25, 0.3) is 5.56 Å². The fraction of sp³-hybridized carbons (Fsp3) is 0.188. The minimum absolute atomic E-state index is 0.139. The Labute approximate surface area is 117 Å². The van der Waals surface area contributed by atoms with E-state index in [1.54, 1.807) is 19.9 Å². The highest BCUT2D eigenvalue weighted by atomic mass is 16.1. The molecule has 4 nitrogen and oxygen atoms in total. The summed E-state index contributed by atoms with van der Waals surface area (Å²) in [5.74, 6) is 0. The highest BCUT2D eigenvalue weighted by Crippen LogP contribution is 2.07. The van der Waals surface area contributed by atoms with Crippen molar-refractivity contribution >= 4 is 5.71 Å². The molecule has 0 spiro atoms. The van der Waals surface area contributed by atoms with E-state index in [2.05, 4.69) is 5.10 Å². The Morgan fingerprint density at radius 3 is 2.50 bits per heavy atom. The Bertz CT molecular complexity index is 765. The molecule has 1 aromatic carbocycles. The molecule has 0 amide bonds. The van der Waals surface area contributed by atoms with Crippen molar-refractivity contribution < 1.29 is 0 Å². The van der Waals surface area contributed by atoms with E-state index in [4.69, 9.17) is 5.26 Å². The van der Waals surface area contributed by atoms with Gasteiger partial charge in [0.05, 0.1) is 5.71 Å². The molecule has 0 bridgehead atoms. The fourth-order valence-electron chi connectivity index (χ4n) is 2.03. The van der Waals surface area contributed by atoms with Crippen LogP contribution in [0.25, 0.3) is 0 Å². The zero-order chi connectivity index (χ0) is 14.7. The van der Waals surface area contributed by atoms with Gasteiger partial charge in [-0.2, -0.15) is 10.4 Å². The average molecular weight is 265 g/mol. The maximum atomic E-state index is 12.2. The number of aryl methyl sites for hydroxylation is 2. The van der Waals surface area contributed by atoms with Crippen LogP contribution in [0.4, 0.5) is 0 Å². The summed E-state index contributed by atoms with van der Waals surface area (Å²) in [6, 6.07) is 13.4. The van der Waals surface area contributed by atoms with Crippen LogP contribution >= 0.6 is 0 Å². The molecule has 0 N–H and O–H groups in total. The predicted octanol–water partition coefficient (Wildman–Crippen LogP) is 2.61. The number of hydrogen-bond donors (Lipinski definition) is 0. The van der Waals surface area contributed by atoms with E-state index in [0.717, 1.165) is 11.3 Å². The molecule has 0 atom stereocenters. The van der Waals surface area contributed by atoms with Gasteiger partial charge in [0.1, 0.15) is 11.6 Å². The van der Waals surface area contributed by atoms with Crippen molar-refractivity contribution in [2.45, 2.75) is 20.8 Å². The van der Waals surface area contributed by atoms with E-state index < -0.39 is 0 Å². The number of nitriles is 1. The molecule has 20 heavy (non-hydrogen) atoms. The Kier molecular flexibility index (Phi) is 3.81. The van der Waals surface area contributed by atoms with Crippen LogP contribution in [0.5, 0.6) is 0 Å². The number of benzene rings is 1. The first kappa shape index (κ1) is 13.8. The largest absolute Gasteiger partial charge is 0.289 e. The van der Waals surface area contributed by atoms with Crippen molar-refractivity contribution in [2.75, 3.05) is 0 Å². The van der Waals surface area contributed by atoms with Gasteiger partial charge >= 0.3 is 0 Å². The smallest absolute Gasteiger partial charge is 0.266 e. The first-order valence-corrected chi connectivity index (χ1v) is 6.29. The van der Waals surface area contributed by atoms with E-state index in [9.17, 15) is 4.79 Å². The molecule has 100 valence electrons. The van der Waals surface area contributed by atoms with Crippen molar-refractivity contribution in [3.05, 3.63) is 69.1 Å². The molecule has 0 aliphatic carbocycles. The molecule has 1 aromatic heterocycles. The van der Waals surface area contributed by atoms with Crippen LogP contribution < -0.4 is 5.56 Å². The summed E-state index contributed by atoms with van der Waals surface area (Å²) in [4.78, 5) is 12.2. The van der Waals surface area contributed by atoms with Gasteiger partial charge in [0, 0.05) is 5.69 Å². The van der Waals surface area contributed by atoms with Gasteiger partial charge < -0.3 is 0 Å². The molecule has 2 rings (SSSR count). The summed E-state index contributed by atoms with van der Waals surface area (Å²) < 4.78 is 1.29. The minimum atomic E-state index is -0.375. The third-order valence-corrected chi connectivity index (χ3v) is 3.11. The van der Waals surface area contributed by atoms with Crippen LogP contribution in [0.15, 0.2) is 46.3 Å². The lowest BCUT2D eigenvalue weighted by molar-refractivity contribution is 0.781. The molecular weight excluding hydrogens is 250 g/mol. The van der Waals surface area contributed by atoms with Gasteiger partial charge in [-0.15, -0.1) is 0 Å². The van der Waals surface area contributed by atoms with E-state index in [-0.39, 0.29) is 11.1 Å². The minimum Gasteiger partial charge on any atom is -0.266 e. The zero-order valence-electron chi connectivity index (χ0n) is 11.7. The predicted molar refractivity (Wildman–Crippen MR) is 78.9 cm³/mol. The maximum Gasteiger partial charge on any atom is 0.289 e. The number of aromatic nitrogens is 1. The van der Waals surface area contributed by atoms with Crippen molar-refractivity contribution in [1.82, 2.24) is 4.68 Å². The van der Waals surface area contributed by atoms with Crippen molar-refractivity contribution in [1.29, 1.82) is 5.26 Å². The van der Waals surface area contributed by atoms with Gasteiger partial charge in [-0.3, -0.25) is 4.79 Å². The van der Waals surface area contributed by atoms with Crippen LogP contribution in [0, 0.1) is 25.2 Å². The van der Waals surface area contributed by atoms with Crippen LogP contribution in [0.1, 0.15) is 29.3 Å². The third-order valence-electron chi connectivity index (χ3n) is 3.11. The van der Waals surface area contributed by atoms with Gasteiger partial charge in [0.2, 0.25) is 0 Å². The lowest BCUT2D eigenvalue weighted by Crippen LogP contribution is -2.23. The Morgan fingerprint density at radius 1 is 1.25 bits per heavy atom. The third kappa shape index (κ3) is 2.52. The molecule has 0 saturated heterocycles. The standard InChI is InChI=1S/C16H15N3O/c1-11-9-12(2)19(16(20)15(11)10-17)18-13(3)14-7-5-4-6-8-14/h4-9H,1-3H3/b18-13-. The second-order valence-corrected chi connectivity index (χ2v) is 4.62. The summed E-state index contributed by atoms with van der Waals surface area (Å²) in [5, 5.41) is 13.4. The zero-order valence-corrected chi connectivity index (χ0v) is 11.7. The van der Waals surface area contributed by atoms with Crippen LogP contribution in [-0.4, -0.2) is 10.4 Å². The number of pyridine rings is 1. The highest BCUT2D eigenvalue weighted by molar-refractivity contribution is 5.98. The topological polar surface area (TPSA) is 58.1 Å². The molecule has 0 unspecified atom stereocenters.